The fraction of sp³-hybridized carbons (Fsp3) is 0.833. The smallest absolute Gasteiger partial charge is 0.410 e. The van der Waals surface area contributed by atoms with Crippen LogP contribution in [0.1, 0.15) is 27.2 Å². The Morgan fingerprint density at radius 1 is 1.39 bits per heavy atom. The summed E-state index contributed by atoms with van der Waals surface area (Å²) in [6.07, 6.45) is -0.0938. The van der Waals surface area contributed by atoms with Crippen LogP contribution in [0.3, 0.4) is 0 Å². The second-order valence-corrected chi connectivity index (χ2v) is 6.03. The van der Waals surface area contributed by atoms with Gasteiger partial charge in [-0.05, 0) is 27.2 Å². The van der Waals surface area contributed by atoms with Gasteiger partial charge in [0.05, 0.1) is 18.8 Å². The van der Waals surface area contributed by atoms with Crippen molar-refractivity contribution in [2.24, 2.45) is 5.92 Å². The summed E-state index contributed by atoms with van der Waals surface area (Å²) in [5.74, 6) is -1.76. The molecular weight excluding hydrogens is 238 g/mol. The lowest BCUT2D eigenvalue weighted by molar-refractivity contribution is -0.311. The summed E-state index contributed by atoms with van der Waals surface area (Å²) in [4.78, 5) is 24.5. The standard InChI is InChI=1S/C12H19NO5/c1-11(2,3)18-10(16)13-5-8(9(14)15)4-12(13)6-17-7-12/h8H,4-7H2,1-3H3,(H,14,15)/p-1. The number of carbonyl (C=O) groups is 2. The van der Waals surface area contributed by atoms with Crippen LogP contribution in [0.5, 0.6) is 0 Å². The van der Waals surface area contributed by atoms with E-state index in [4.69, 9.17) is 9.47 Å². The molecular formula is C12H18NO5-. The van der Waals surface area contributed by atoms with Crippen molar-refractivity contribution in [3.63, 3.8) is 0 Å². The maximum atomic E-state index is 12.1. The highest BCUT2D eigenvalue weighted by Crippen LogP contribution is 2.39. The molecule has 1 unspecified atom stereocenters. The van der Waals surface area contributed by atoms with E-state index >= 15 is 0 Å². The van der Waals surface area contributed by atoms with Crippen LogP contribution in [0.15, 0.2) is 0 Å². The molecule has 0 N–H and O–H groups in total. The third-order valence-electron chi connectivity index (χ3n) is 3.29. The van der Waals surface area contributed by atoms with Gasteiger partial charge in [-0.1, -0.05) is 0 Å². The van der Waals surface area contributed by atoms with Gasteiger partial charge in [-0.2, -0.15) is 0 Å². The van der Waals surface area contributed by atoms with E-state index in [0.29, 0.717) is 19.6 Å². The van der Waals surface area contributed by atoms with Crippen LogP contribution in [0.2, 0.25) is 0 Å². The molecule has 2 heterocycles. The summed E-state index contributed by atoms with van der Waals surface area (Å²) in [5, 5.41) is 11.0. The van der Waals surface area contributed by atoms with Gasteiger partial charge in [0.25, 0.3) is 0 Å². The van der Waals surface area contributed by atoms with Gasteiger partial charge in [-0.3, -0.25) is 4.90 Å². The SMILES string of the molecule is CC(C)(C)OC(=O)N1CC(C(=O)[O-])CC12COC2. The highest BCUT2D eigenvalue weighted by Gasteiger charge is 2.54. The average molecular weight is 256 g/mol. The lowest BCUT2D eigenvalue weighted by atomic mass is 9.90. The molecule has 0 saturated carbocycles. The van der Waals surface area contributed by atoms with Gasteiger partial charge in [0, 0.05) is 18.4 Å². The van der Waals surface area contributed by atoms with E-state index in [1.807, 2.05) is 0 Å². The molecule has 18 heavy (non-hydrogen) atoms. The van der Waals surface area contributed by atoms with Crippen molar-refractivity contribution in [3.05, 3.63) is 0 Å². The molecule has 0 radical (unpaired) electrons. The van der Waals surface area contributed by atoms with Gasteiger partial charge in [0.1, 0.15) is 5.60 Å². The predicted molar refractivity (Wildman–Crippen MR) is 59.6 cm³/mol. The van der Waals surface area contributed by atoms with Gasteiger partial charge in [-0.25, -0.2) is 4.79 Å². The van der Waals surface area contributed by atoms with Crippen molar-refractivity contribution in [1.82, 2.24) is 4.90 Å². The van der Waals surface area contributed by atoms with Crippen molar-refractivity contribution in [1.29, 1.82) is 0 Å². The number of rotatable bonds is 1. The quantitative estimate of drug-likeness (QED) is 0.647. The molecule has 102 valence electrons. The number of nitrogens with zero attached hydrogens (tertiary/aromatic N) is 1. The third-order valence-corrected chi connectivity index (χ3v) is 3.29. The molecule has 1 spiro atoms. The van der Waals surface area contributed by atoms with E-state index in [-0.39, 0.29) is 6.54 Å². The Kier molecular flexibility index (Phi) is 3.01. The van der Waals surface area contributed by atoms with E-state index in [2.05, 4.69) is 0 Å². The summed E-state index contributed by atoms with van der Waals surface area (Å²) in [6.45, 7) is 6.22. The second-order valence-electron chi connectivity index (χ2n) is 6.03. The molecule has 2 fully saturated rings. The first kappa shape index (κ1) is 13.1. The number of carboxylic acids is 1. The van der Waals surface area contributed by atoms with E-state index < -0.39 is 29.1 Å². The summed E-state index contributed by atoms with van der Waals surface area (Å²) in [7, 11) is 0. The lowest BCUT2D eigenvalue weighted by Crippen LogP contribution is -2.61. The van der Waals surface area contributed by atoms with Crippen LogP contribution >= 0.6 is 0 Å². The Labute approximate surface area is 106 Å². The number of amides is 1. The maximum Gasteiger partial charge on any atom is 0.410 e. The minimum absolute atomic E-state index is 0.139. The van der Waals surface area contributed by atoms with Crippen molar-refractivity contribution in [2.45, 2.75) is 38.3 Å². The van der Waals surface area contributed by atoms with Crippen LogP contribution in [0.25, 0.3) is 0 Å². The minimum atomic E-state index is -1.12. The van der Waals surface area contributed by atoms with Crippen molar-refractivity contribution >= 4 is 12.1 Å². The molecule has 2 saturated heterocycles. The topological polar surface area (TPSA) is 78.9 Å². The Morgan fingerprint density at radius 3 is 2.39 bits per heavy atom. The Balaban J connectivity index is 2.11. The molecule has 6 nitrogen and oxygen atoms in total. The first-order valence-electron chi connectivity index (χ1n) is 6.03. The van der Waals surface area contributed by atoms with E-state index in [1.54, 1.807) is 20.8 Å². The molecule has 6 heteroatoms. The molecule has 1 amide bonds. The number of hydrogen-bond acceptors (Lipinski definition) is 5. The second kappa shape index (κ2) is 4.12. The average Bonchev–Trinajstić information content (AvgIpc) is 2.53. The predicted octanol–water partition coefficient (Wildman–Crippen LogP) is -0.238. The zero-order valence-electron chi connectivity index (χ0n) is 10.9. The number of likely N-dealkylation sites (tertiary alicyclic amines) is 1. The Hall–Kier alpha value is -1.30. The molecule has 0 aromatic rings. The molecule has 0 bridgehead atoms. The maximum absolute atomic E-state index is 12.1. The number of hydrogen-bond donors (Lipinski definition) is 0. The normalized spacial score (nSPS) is 25.9. The van der Waals surface area contributed by atoms with Crippen molar-refractivity contribution in [2.75, 3.05) is 19.8 Å². The minimum Gasteiger partial charge on any atom is -0.550 e. The fourth-order valence-corrected chi connectivity index (χ4v) is 2.40. The van der Waals surface area contributed by atoms with E-state index in [1.165, 1.54) is 4.90 Å². The first-order valence-corrected chi connectivity index (χ1v) is 6.03. The largest absolute Gasteiger partial charge is 0.550 e. The molecule has 2 rings (SSSR count). The first-order chi connectivity index (χ1) is 8.23. The van der Waals surface area contributed by atoms with Crippen LogP contribution in [-0.2, 0) is 14.3 Å². The third kappa shape index (κ3) is 2.29. The summed E-state index contributed by atoms with van der Waals surface area (Å²) < 4.78 is 10.4. The monoisotopic (exact) mass is 256 g/mol. The van der Waals surface area contributed by atoms with Crippen LogP contribution in [-0.4, -0.2) is 47.9 Å². The molecule has 2 aliphatic heterocycles. The van der Waals surface area contributed by atoms with Gasteiger partial charge in [0.15, 0.2) is 0 Å². The van der Waals surface area contributed by atoms with Gasteiger partial charge >= 0.3 is 6.09 Å². The molecule has 0 aromatic carbocycles. The Bertz CT molecular complexity index is 369. The van der Waals surface area contributed by atoms with E-state index in [9.17, 15) is 14.7 Å². The zero-order valence-corrected chi connectivity index (χ0v) is 10.9. The zero-order chi connectivity index (χ0) is 13.6. The van der Waals surface area contributed by atoms with Gasteiger partial charge in [0.2, 0.25) is 0 Å². The highest BCUT2D eigenvalue weighted by molar-refractivity contribution is 5.74. The van der Waals surface area contributed by atoms with Crippen LogP contribution in [0.4, 0.5) is 4.79 Å². The summed E-state index contributed by atoms with van der Waals surface area (Å²) >= 11 is 0. The molecule has 0 aliphatic carbocycles. The van der Waals surface area contributed by atoms with Gasteiger partial charge < -0.3 is 19.4 Å². The summed E-state index contributed by atoms with van der Waals surface area (Å²) in [6, 6.07) is 0. The number of carboxylic acid groups (broad SMARTS) is 1. The van der Waals surface area contributed by atoms with Crippen molar-refractivity contribution in [3.8, 4) is 0 Å². The number of aliphatic carboxylic acids is 1. The lowest BCUT2D eigenvalue weighted by Gasteiger charge is -2.44. The number of ether oxygens (including phenoxy) is 2. The number of carbonyl (C=O) groups excluding carboxylic acids is 2. The molecule has 2 aliphatic rings. The summed E-state index contributed by atoms with van der Waals surface area (Å²) in [5.41, 5.74) is -1.10. The van der Waals surface area contributed by atoms with Crippen molar-refractivity contribution < 1.29 is 24.2 Å². The molecule has 1 atom stereocenters. The highest BCUT2D eigenvalue weighted by atomic mass is 16.6. The van der Waals surface area contributed by atoms with E-state index in [0.717, 1.165) is 0 Å². The van der Waals surface area contributed by atoms with Gasteiger partial charge in [-0.15, -0.1) is 0 Å². The fourth-order valence-electron chi connectivity index (χ4n) is 2.40. The molecule has 0 aromatic heterocycles. The Morgan fingerprint density at radius 2 is 2.00 bits per heavy atom. The van der Waals surface area contributed by atoms with Crippen LogP contribution in [0, 0.1) is 5.92 Å². The van der Waals surface area contributed by atoms with Crippen LogP contribution < -0.4 is 5.11 Å².